The first-order valence-corrected chi connectivity index (χ1v) is 9.50. The third-order valence-corrected chi connectivity index (χ3v) is 4.55. The Morgan fingerprint density at radius 2 is 1.59 bits per heavy atom. The molecule has 1 heterocycles. The van der Waals surface area contributed by atoms with Gasteiger partial charge in [-0.15, -0.1) is 0 Å². The Morgan fingerprint density at radius 3 is 2.17 bits per heavy atom. The SMILES string of the molecule is CC(C)(Oc1ccc(C(=O)c2ccc(Cl)cc2)cc1)C(=O)NCc1ccccn1. The number of hydrogen-bond donors (Lipinski definition) is 1. The number of halogens is 1. The Balaban J connectivity index is 1.62. The molecule has 3 aromatic rings. The average Bonchev–Trinajstić information content (AvgIpc) is 2.73. The van der Waals surface area contributed by atoms with Crippen molar-refractivity contribution in [1.29, 1.82) is 0 Å². The van der Waals surface area contributed by atoms with Crippen LogP contribution < -0.4 is 10.1 Å². The molecule has 0 saturated heterocycles. The molecule has 0 aliphatic carbocycles. The summed E-state index contributed by atoms with van der Waals surface area (Å²) >= 11 is 5.86. The number of hydrogen-bond acceptors (Lipinski definition) is 4. The molecule has 0 saturated carbocycles. The summed E-state index contributed by atoms with van der Waals surface area (Å²) in [5.41, 5.74) is 0.757. The van der Waals surface area contributed by atoms with Crippen molar-refractivity contribution in [2.45, 2.75) is 26.0 Å². The van der Waals surface area contributed by atoms with Crippen LogP contribution >= 0.6 is 11.6 Å². The monoisotopic (exact) mass is 408 g/mol. The highest BCUT2D eigenvalue weighted by atomic mass is 35.5. The lowest BCUT2D eigenvalue weighted by molar-refractivity contribution is -0.134. The lowest BCUT2D eigenvalue weighted by Gasteiger charge is -2.25. The van der Waals surface area contributed by atoms with Crippen molar-refractivity contribution in [2.24, 2.45) is 0 Å². The molecule has 0 bridgehead atoms. The number of nitrogens with zero attached hydrogens (tertiary/aromatic N) is 1. The van der Waals surface area contributed by atoms with Gasteiger partial charge in [0.25, 0.3) is 5.91 Å². The molecular formula is C23H21ClN2O3. The molecule has 0 radical (unpaired) electrons. The molecule has 0 atom stereocenters. The fraction of sp³-hybridized carbons (Fsp3) is 0.174. The Morgan fingerprint density at radius 1 is 0.966 bits per heavy atom. The number of benzene rings is 2. The number of nitrogens with one attached hydrogen (secondary N) is 1. The molecular weight excluding hydrogens is 388 g/mol. The van der Waals surface area contributed by atoms with E-state index in [1.807, 2.05) is 18.2 Å². The number of ketones is 1. The Hall–Kier alpha value is -3.18. The van der Waals surface area contributed by atoms with E-state index in [9.17, 15) is 9.59 Å². The van der Waals surface area contributed by atoms with Gasteiger partial charge in [0.05, 0.1) is 12.2 Å². The standard InChI is InChI=1S/C23H21ClN2O3/c1-23(2,22(28)26-15-19-5-3-4-14-25-19)29-20-12-8-17(9-13-20)21(27)16-6-10-18(24)11-7-16/h3-14H,15H2,1-2H3,(H,26,28). The fourth-order valence-electron chi connectivity index (χ4n) is 2.67. The quantitative estimate of drug-likeness (QED) is 0.587. The van der Waals surface area contributed by atoms with E-state index >= 15 is 0 Å². The van der Waals surface area contributed by atoms with Crippen molar-refractivity contribution in [1.82, 2.24) is 10.3 Å². The molecule has 0 aliphatic heterocycles. The van der Waals surface area contributed by atoms with E-state index < -0.39 is 5.60 Å². The third-order valence-electron chi connectivity index (χ3n) is 4.30. The van der Waals surface area contributed by atoms with Gasteiger partial charge in [0.1, 0.15) is 5.75 Å². The van der Waals surface area contributed by atoms with Crippen molar-refractivity contribution in [3.8, 4) is 5.75 Å². The molecule has 1 aromatic heterocycles. The molecule has 3 rings (SSSR count). The number of carbonyl (C=O) groups is 2. The average molecular weight is 409 g/mol. The summed E-state index contributed by atoms with van der Waals surface area (Å²) in [6.45, 7) is 3.70. The van der Waals surface area contributed by atoms with Gasteiger partial charge < -0.3 is 10.1 Å². The maximum Gasteiger partial charge on any atom is 0.263 e. The second-order valence-electron chi connectivity index (χ2n) is 6.98. The number of amides is 1. The van der Waals surface area contributed by atoms with Crippen LogP contribution in [-0.4, -0.2) is 22.3 Å². The largest absolute Gasteiger partial charge is 0.478 e. The van der Waals surface area contributed by atoms with Crippen molar-refractivity contribution < 1.29 is 14.3 Å². The minimum atomic E-state index is -1.09. The van der Waals surface area contributed by atoms with E-state index in [0.29, 0.717) is 28.4 Å². The van der Waals surface area contributed by atoms with Gasteiger partial charge in [-0.3, -0.25) is 14.6 Å². The molecule has 5 nitrogen and oxygen atoms in total. The van der Waals surface area contributed by atoms with Gasteiger partial charge in [-0.05, 0) is 74.5 Å². The lowest BCUT2D eigenvalue weighted by Crippen LogP contribution is -2.46. The van der Waals surface area contributed by atoms with Crippen LogP contribution in [-0.2, 0) is 11.3 Å². The topological polar surface area (TPSA) is 68.3 Å². The summed E-state index contributed by atoms with van der Waals surface area (Å²) in [5, 5.41) is 3.40. The van der Waals surface area contributed by atoms with Gasteiger partial charge in [-0.2, -0.15) is 0 Å². The maximum absolute atomic E-state index is 12.5. The number of pyridine rings is 1. The van der Waals surface area contributed by atoms with Gasteiger partial charge in [0, 0.05) is 22.3 Å². The fourth-order valence-corrected chi connectivity index (χ4v) is 2.80. The number of rotatable bonds is 7. The van der Waals surface area contributed by atoms with Crippen molar-refractivity contribution >= 4 is 23.3 Å². The zero-order chi connectivity index (χ0) is 20.9. The molecule has 6 heteroatoms. The first-order valence-electron chi connectivity index (χ1n) is 9.13. The van der Waals surface area contributed by atoms with E-state index in [1.165, 1.54) is 0 Å². The molecule has 0 spiro atoms. The Kier molecular flexibility index (Phi) is 6.29. The van der Waals surface area contributed by atoms with Crippen LogP contribution in [0.2, 0.25) is 5.02 Å². The molecule has 0 unspecified atom stereocenters. The van der Waals surface area contributed by atoms with Crippen LogP contribution in [0.3, 0.4) is 0 Å². The van der Waals surface area contributed by atoms with Crippen LogP contribution in [0, 0.1) is 0 Å². The molecule has 148 valence electrons. The first-order chi connectivity index (χ1) is 13.8. The van der Waals surface area contributed by atoms with Crippen molar-refractivity contribution in [3.05, 3.63) is 94.8 Å². The Labute approximate surface area is 174 Å². The van der Waals surface area contributed by atoms with Crippen molar-refractivity contribution in [2.75, 3.05) is 0 Å². The van der Waals surface area contributed by atoms with Crippen LogP contribution in [0.5, 0.6) is 5.75 Å². The highest BCUT2D eigenvalue weighted by Crippen LogP contribution is 2.21. The van der Waals surface area contributed by atoms with E-state index in [2.05, 4.69) is 10.3 Å². The molecule has 0 fully saturated rings. The smallest absolute Gasteiger partial charge is 0.263 e. The van der Waals surface area contributed by atoms with Crippen LogP contribution in [0.4, 0.5) is 0 Å². The summed E-state index contributed by atoms with van der Waals surface area (Å²) in [6, 6.07) is 19.0. The third kappa shape index (κ3) is 5.42. The normalized spacial score (nSPS) is 11.0. The second-order valence-corrected chi connectivity index (χ2v) is 7.41. The number of ether oxygens (including phenoxy) is 1. The van der Waals surface area contributed by atoms with E-state index in [-0.39, 0.29) is 11.7 Å². The van der Waals surface area contributed by atoms with Crippen LogP contribution in [0.15, 0.2) is 72.9 Å². The highest BCUT2D eigenvalue weighted by molar-refractivity contribution is 6.30. The number of aromatic nitrogens is 1. The maximum atomic E-state index is 12.5. The molecule has 0 aliphatic rings. The summed E-state index contributed by atoms with van der Waals surface area (Å²) in [5.74, 6) is 0.126. The zero-order valence-corrected chi connectivity index (χ0v) is 16.9. The molecule has 1 N–H and O–H groups in total. The van der Waals surface area contributed by atoms with E-state index in [0.717, 1.165) is 5.69 Å². The van der Waals surface area contributed by atoms with Crippen LogP contribution in [0.25, 0.3) is 0 Å². The Bertz CT molecular complexity index is 985. The predicted molar refractivity (Wildman–Crippen MR) is 112 cm³/mol. The molecule has 1 amide bonds. The zero-order valence-electron chi connectivity index (χ0n) is 16.2. The first kappa shape index (κ1) is 20.6. The van der Waals surface area contributed by atoms with E-state index in [1.54, 1.807) is 68.6 Å². The van der Waals surface area contributed by atoms with Gasteiger partial charge in [0.15, 0.2) is 11.4 Å². The minimum absolute atomic E-state index is 0.111. The summed E-state index contributed by atoms with van der Waals surface area (Å²) < 4.78 is 5.85. The second kappa shape index (κ2) is 8.88. The van der Waals surface area contributed by atoms with Gasteiger partial charge in [-0.25, -0.2) is 0 Å². The molecule has 2 aromatic carbocycles. The van der Waals surface area contributed by atoms with Gasteiger partial charge >= 0.3 is 0 Å². The predicted octanol–water partition coefficient (Wildman–Crippen LogP) is 4.44. The van der Waals surface area contributed by atoms with Crippen LogP contribution in [0.1, 0.15) is 35.5 Å². The summed E-state index contributed by atoms with van der Waals surface area (Å²) in [6.07, 6.45) is 1.68. The minimum Gasteiger partial charge on any atom is -0.478 e. The number of carbonyl (C=O) groups excluding carboxylic acids is 2. The highest BCUT2D eigenvalue weighted by Gasteiger charge is 2.29. The summed E-state index contributed by atoms with van der Waals surface area (Å²) in [4.78, 5) is 29.2. The van der Waals surface area contributed by atoms with Gasteiger partial charge in [0.2, 0.25) is 0 Å². The van der Waals surface area contributed by atoms with E-state index in [4.69, 9.17) is 16.3 Å². The molecule has 29 heavy (non-hydrogen) atoms. The summed E-state index contributed by atoms with van der Waals surface area (Å²) in [7, 11) is 0. The lowest BCUT2D eigenvalue weighted by atomic mass is 10.0. The van der Waals surface area contributed by atoms with Gasteiger partial charge in [-0.1, -0.05) is 17.7 Å². The van der Waals surface area contributed by atoms with Crippen molar-refractivity contribution in [3.63, 3.8) is 0 Å².